The molecule has 1 aliphatic heterocycles. The summed E-state index contributed by atoms with van der Waals surface area (Å²) in [5.74, 6) is -0.156. The van der Waals surface area contributed by atoms with Crippen molar-refractivity contribution in [1.82, 2.24) is 24.9 Å². The molecule has 0 saturated heterocycles. The molecule has 9 heteroatoms. The Balaban J connectivity index is 1.18. The fraction of sp³-hybridized carbons (Fsp3) is 0.172. The lowest BCUT2D eigenvalue weighted by atomic mass is 10.2. The molecule has 38 heavy (non-hydrogen) atoms. The third-order valence-electron chi connectivity index (χ3n) is 6.71. The molecule has 1 aliphatic rings. The number of carbonyl (C=O) groups excluding carboxylic acids is 2. The van der Waals surface area contributed by atoms with E-state index in [0.29, 0.717) is 12.3 Å². The van der Waals surface area contributed by atoms with Gasteiger partial charge in [-0.15, -0.1) is 16.9 Å². The van der Waals surface area contributed by atoms with Crippen LogP contribution in [0.1, 0.15) is 21.6 Å². The highest BCUT2D eigenvalue weighted by Crippen LogP contribution is 2.37. The van der Waals surface area contributed by atoms with Crippen molar-refractivity contribution in [2.45, 2.75) is 24.0 Å². The average molecular weight is 523 g/mol. The maximum Gasteiger partial charge on any atom is 0.274 e. The molecule has 3 heterocycles. The molecular weight excluding hydrogens is 496 g/mol. The molecule has 1 atom stereocenters. The Bertz CT molecular complexity index is 1610. The first-order valence-electron chi connectivity index (χ1n) is 12.4. The predicted molar refractivity (Wildman–Crippen MR) is 148 cm³/mol. The molecule has 6 rings (SSSR count). The first kappa shape index (κ1) is 24.0. The van der Waals surface area contributed by atoms with Crippen molar-refractivity contribution in [1.29, 1.82) is 0 Å². The highest BCUT2D eigenvalue weighted by Gasteiger charge is 2.31. The Morgan fingerprint density at radius 1 is 1.00 bits per heavy atom. The van der Waals surface area contributed by atoms with E-state index in [-0.39, 0.29) is 11.6 Å². The number of anilines is 1. The fourth-order valence-corrected chi connectivity index (χ4v) is 5.80. The van der Waals surface area contributed by atoms with E-state index < -0.39 is 11.9 Å². The Kier molecular flexibility index (Phi) is 6.43. The highest BCUT2D eigenvalue weighted by molar-refractivity contribution is 7.99. The van der Waals surface area contributed by atoms with Gasteiger partial charge in [0, 0.05) is 41.3 Å². The topological polar surface area (TPSA) is 85.1 Å². The van der Waals surface area contributed by atoms with Crippen LogP contribution in [-0.2, 0) is 17.9 Å². The van der Waals surface area contributed by atoms with Crippen LogP contribution >= 0.6 is 11.8 Å². The fourth-order valence-electron chi connectivity index (χ4n) is 4.68. The molecule has 0 saturated carbocycles. The second-order valence-corrected chi connectivity index (χ2v) is 10.4. The summed E-state index contributed by atoms with van der Waals surface area (Å²) in [6, 6.07) is 25.8. The number of benzene rings is 3. The average Bonchev–Trinajstić information content (AvgIpc) is 3.55. The second-order valence-electron chi connectivity index (χ2n) is 9.33. The van der Waals surface area contributed by atoms with Crippen LogP contribution in [0.5, 0.6) is 0 Å². The Hall–Kier alpha value is -4.37. The van der Waals surface area contributed by atoms with Crippen molar-refractivity contribution in [2.24, 2.45) is 0 Å². The number of carbonyl (C=O) groups is 2. The summed E-state index contributed by atoms with van der Waals surface area (Å²) >= 11 is 1.57. The van der Waals surface area contributed by atoms with E-state index >= 15 is 0 Å². The Morgan fingerprint density at radius 2 is 1.71 bits per heavy atom. The summed E-state index contributed by atoms with van der Waals surface area (Å²) in [5.41, 5.74) is 4.42. The van der Waals surface area contributed by atoms with Crippen molar-refractivity contribution >= 4 is 40.2 Å². The van der Waals surface area contributed by atoms with Crippen molar-refractivity contribution in [2.75, 3.05) is 17.7 Å². The zero-order chi connectivity index (χ0) is 26.1. The molecule has 190 valence electrons. The van der Waals surface area contributed by atoms with Gasteiger partial charge in [0.1, 0.15) is 6.04 Å². The Labute approximate surface area is 224 Å². The van der Waals surface area contributed by atoms with Crippen LogP contribution in [0.3, 0.4) is 0 Å². The van der Waals surface area contributed by atoms with Crippen molar-refractivity contribution in [3.63, 3.8) is 0 Å². The SMILES string of the molecule is CN1C(=O)[C@@H](NC(=O)c2cn(Cc3ccccc3)nn2)CSc2cc3c(ccn3Cc3ccccc3)cc21. The van der Waals surface area contributed by atoms with Crippen LogP contribution in [0.15, 0.2) is 96.2 Å². The highest BCUT2D eigenvalue weighted by atomic mass is 32.2. The molecule has 8 nitrogen and oxygen atoms in total. The third-order valence-corrected chi connectivity index (χ3v) is 7.84. The zero-order valence-electron chi connectivity index (χ0n) is 20.8. The predicted octanol–water partition coefficient (Wildman–Crippen LogP) is 4.20. The van der Waals surface area contributed by atoms with E-state index in [9.17, 15) is 9.59 Å². The smallest absolute Gasteiger partial charge is 0.274 e. The molecule has 3 aromatic carbocycles. The number of nitrogens with zero attached hydrogens (tertiary/aromatic N) is 5. The molecule has 1 N–H and O–H groups in total. The number of aromatic nitrogens is 4. The minimum atomic E-state index is -0.685. The lowest BCUT2D eigenvalue weighted by Crippen LogP contribution is -2.48. The molecular formula is C29H26N6O2S. The van der Waals surface area contributed by atoms with Gasteiger partial charge in [-0.2, -0.15) is 0 Å². The van der Waals surface area contributed by atoms with Gasteiger partial charge in [0.2, 0.25) is 5.91 Å². The largest absolute Gasteiger partial charge is 0.343 e. The zero-order valence-corrected chi connectivity index (χ0v) is 21.6. The number of amides is 2. The van der Waals surface area contributed by atoms with Gasteiger partial charge in [0.25, 0.3) is 5.91 Å². The molecule has 0 unspecified atom stereocenters. The van der Waals surface area contributed by atoms with E-state index in [1.807, 2.05) is 48.5 Å². The van der Waals surface area contributed by atoms with Gasteiger partial charge in [-0.1, -0.05) is 65.9 Å². The van der Waals surface area contributed by atoms with Crippen molar-refractivity contribution in [3.05, 3.63) is 108 Å². The van der Waals surface area contributed by atoms with Gasteiger partial charge < -0.3 is 14.8 Å². The molecule has 0 bridgehead atoms. The van der Waals surface area contributed by atoms with Crippen LogP contribution < -0.4 is 10.2 Å². The minimum Gasteiger partial charge on any atom is -0.343 e. The maximum absolute atomic E-state index is 13.4. The number of fused-ring (bicyclic) bond motifs is 2. The quantitative estimate of drug-likeness (QED) is 0.361. The summed E-state index contributed by atoms with van der Waals surface area (Å²) < 4.78 is 3.84. The van der Waals surface area contributed by atoms with E-state index in [0.717, 1.165) is 33.6 Å². The standard InChI is InChI=1S/C29H26N6O2S/c1-33-26-14-22-12-13-34(16-20-8-4-2-5-9-20)25(22)15-27(26)38-19-24(29(33)37)30-28(36)23-18-35(32-31-23)17-21-10-6-3-7-11-21/h2-15,18,24H,16-17,19H2,1H3,(H,30,36)/t24-/m0/s1. The number of rotatable bonds is 6. The van der Waals surface area contributed by atoms with E-state index in [1.54, 1.807) is 34.6 Å². The molecule has 5 aromatic rings. The monoisotopic (exact) mass is 522 g/mol. The number of hydrogen-bond acceptors (Lipinski definition) is 5. The van der Waals surface area contributed by atoms with Crippen LogP contribution in [0.4, 0.5) is 5.69 Å². The summed E-state index contributed by atoms with van der Waals surface area (Å²) in [4.78, 5) is 29.0. The van der Waals surface area contributed by atoms with E-state index in [2.05, 4.69) is 56.7 Å². The van der Waals surface area contributed by atoms with Gasteiger partial charge in [-0.3, -0.25) is 9.59 Å². The maximum atomic E-state index is 13.4. The van der Waals surface area contributed by atoms with Gasteiger partial charge >= 0.3 is 0 Å². The van der Waals surface area contributed by atoms with Gasteiger partial charge in [-0.05, 0) is 29.3 Å². The van der Waals surface area contributed by atoms with Crippen LogP contribution in [0.2, 0.25) is 0 Å². The molecule has 2 amide bonds. The van der Waals surface area contributed by atoms with Crippen LogP contribution in [0, 0.1) is 0 Å². The lowest BCUT2D eigenvalue weighted by molar-refractivity contribution is -0.119. The number of hydrogen-bond donors (Lipinski definition) is 1. The molecule has 0 spiro atoms. The first-order valence-corrected chi connectivity index (χ1v) is 13.4. The number of thioether (sulfide) groups is 1. The summed E-state index contributed by atoms with van der Waals surface area (Å²) in [6.45, 7) is 1.28. The van der Waals surface area contributed by atoms with Crippen LogP contribution in [0.25, 0.3) is 10.9 Å². The molecule has 0 radical (unpaired) electrons. The van der Waals surface area contributed by atoms with Gasteiger partial charge in [-0.25, -0.2) is 4.68 Å². The van der Waals surface area contributed by atoms with Crippen molar-refractivity contribution in [3.8, 4) is 0 Å². The van der Waals surface area contributed by atoms with Crippen molar-refractivity contribution < 1.29 is 9.59 Å². The summed E-state index contributed by atoms with van der Waals surface area (Å²) in [6.07, 6.45) is 3.69. The summed E-state index contributed by atoms with van der Waals surface area (Å²) in [7, 11) is 1.76. The number of nitrogens with one attached hydrogen (secondary N) is 1. The van der Waals surface area contributed by atoms with Crippen LogP contribution in [-0.4, -0.2) is 50.2 Å². The third kappa shape index (κ3) is 4.80. The van der Waals surface area contributed by atoms with Gasteiger partial charge in [0.15, 0.2) is 5.69 Å². The van der Waals surface area contributed by atoms with Gasteiger partial charge in [0.05, 0.1) is 18.4 Å². The van der Waals surface area contributed by atoms with E-state index in [4.69, 9.17) is 0 Å². The molecule has 0 aliphatic carbocycles. The summed E-state index contributed by atoms with van der Waals surface area (Å²) in [5, 5.41) is 12.0. The Morgan fingerprint density at radius 3 is 2.45 bits per heavy atom. The lowest BCUT2D eigenvalue weighted by Gasteiger charge is -2.21. The number of likely N-dealkylation sites (N-methyl/N-ethyl adjacent to an activating group) is 1. The first-order chi connectivity index (χ1) is 18.5. The molecule has 0 fully saturated rings. The normalized spacial score (nSPS) is 15.3. The molecule has 2 aromatic heterocycles. The second kappa shape index (κ2) is 10.2. The van der Waals surface area contributed by atoms with E-state index in [1.165, 1.54) is 5.56 Å². The minimum absolute atomic E-state index is 0.163.